The molecule has 3 rings (SSSR count). The first-order valence-electron chi connectivity index (χ1n) is 7.60. The van der Waals surface area contributed by atoms with Gasteiger partial charge in [0.2, 0.25) is 5.91 Å². The van der Waals surface area contributed by atoms with E-state index in [0.717, 1.165) is 0 Å². The fraction of sp³-hybridized carbons (Fsp3) is 0.118. The number of nitrogens with zero attached hydrogens (tertiary/aromatic N) is 4. The lowest BCUT2D eigenvalue weighted by Crippen LogP contribution is -2.24. The third-order valence-electron chi connectivity index (χ3n) is 3.57. The van der Waals surface area contributed by atoms with Gasteiger partial charge >= 0.3 is 0 Å². The molecule has 2 aromatic heterocycles. The summed E-state index contributed by atoms with van der Waals surface area (Å²) in [6, 6.07) is 9.66. The summed E-state index contributed by atoms with van der Waals surface area (Å²) in [6.45, 7) is 1.73. The molecule has 0 aliphatic carbocycles. The maximum absolute atomic E-state index is 12.2. The van der Waals surface area contributed by atoms with Gasteiger partial charge in [-0.05, 0) is 43.3 Å². The Morgan fingerprint density at radius 2 is 1.60 bits per heavy atom. The number of carbonyl (C=O) groups is 2. The minimum atomic E-state index is -0.478. The number of pyridine rings is 1. The predicted molar refractivity (Wildman–Crippen MR) is 92.0 cm³/mol. The maximum Gasteiger partial charge on any atom is 0.255 e. The quantitative estimate of drug-likeness (QED) is 0.743. The van der Waals surface area contributed by atoms with Crippen LogP contribution in [0.1, 0.15) is 23.3 Å². The molecule has 1 aromatic carbocycles. The third-order valence-corrected chi connectivity index (χ3v) is 3.57. The van der Waals surface area contributed by atoms with E-state index in [4.69, 9.17) is 0 Å². The molecule has 2 amide bonds. The maximum atomic E-state index is 12.2. The summed E-state index contributed by atoms with van der Waals surface area (Å²) in [6.07, 6.45) is 5.99. The fourth-order valence-corrected chi connectivity index (χ4v) is 2.13. The van der Waals surface area contributed by atoms with E-state index in [1.807, 2.05) is 0 Å². The molecule has 25 heavy (non-hydrogen) atoms. The summed E-state index contributed by atoms with van der Waals surface area (Å²) < 4.78 is 1.47. The molecular weight excluding hydrogens is 320 g/mol. The molecule has 0 spiro atoms. The summed E-state index contributed by atoms with van der Waals surface area (Å²) >= 11 is 0. The fourth-order valence-electron chi connectivity index (χ4n) is 2.13. The molecule has 126 valence electrons. The SMILES string of the molecule is CC(C(=O)Nc1ccc(NC(=O)c2ccncc2)cc1)n1cncn1. The second kappa shape index (κ2) is 7.35. The van der Waals surface area contributed by atoms with Crippen LogP contribution in [0.4, 0.5) is 11.4 Å². The Bertz CT molecular complexity index is 847. The van der Waals surface area contributed by atoms with Crippen molar-refractivity contribution in [1.82, 2.24) is 19.7 Å². The average Bonchev–Trinajstić information content (AvgIpc) is 3.18. The van der Waals surface area contributed by atoms with Gasteiger partial charge in [0.05, 0.1) is 0 Å². The van der Waals surface area contributed by atoms with Gasteiger partial charge in [0.25, 0.3) is 5.91 Å². The topological polar surface area (TPSA) is 102 Å². The first-order chi connectivity index (χ1) is 12.1. The van der Waals surface area contributed by atoms with Crippen LogP contribution in [0.25, 0.3) is 0 Å². The minimum Gasteiger partial charge on any atom is -0.324 e. The molecule has 3 aromatic rings. The van der Waals surface area contributed by atoms with Crippen molar-refractivity contribution in [3.8, 4) is 0 Å². The van der Waals surface area contributed by atoms with E-state index in [9.17, 15) is 9.59 Å². The third kappa shape index (κ3) is 4.05. The number of hydrogen-bond acceptors (Lipinski definition) is 5. The van der Waals surface area contributed by atoms with Gasteiger partial charge in [0.1, 0.15) is 18.7 Å². The van der Waals surface area contributed by atoms with E-state index in [1.165, 1.54) is 17.3 Å². The van der Waals surface area contributed by atoms with Crippen molar-refractivity contribution in [2.45, 2.75) is 13.0 Å². The van der Waals surface area contributed by atoms with Crippen LogP contribution < -0.4 is 10.6 Å². The Morgan fingerprint density at radius 3 is 2.20 bits per heavy atom. The zero-order valence-corrected chi connectivity index (χ0v) is 13.5. The van der Waals surface area contributed by atoms with Crippen LogP contribution in [0.15, 0.2) is 61.4 Å². The van der Waals surface area contributed by atoms with Crippen LogP contribution in [0.2, 0.25) is 0 Å². The van der Waals surface area contributed by atoms with Gasteiger partial charge in [0, 0.05) is 29.3 Å². The Kier molecular flexibility index (Phi) is 4.79. The van der Waals surface area contributed by atoms with E-state index in [1.54, 1.807) is 55.7 Å². The van der Waals surface area contributed by atoms with Gasteiger partial charge in [-0.3, -0.25) is 14.6 Å². The van der Waals surface area contributed by atoms with Crippen molar-refractivity contribution in [3.63, 3.8) is 0 Å². The molecule has 0 aliphatic heterocycles. The van der Waals surface area contributed by atoms with E-state index >= 15 is 0 Å². The highest BCUT2D eigenvalue weighted by Gasteiger charge is 2.15. The summed E-state index contributed by atoms with van der Waals surface area (Å²) in [5.41, 5.74) is 1.78. The van der Waals surface area contributed by atoms with Crippen molar-refractivity contribution in [2.75, 3.05) is 10.6 Å². The van der Waals surface area contributed by atoms with Gasteiger partial charge in [-0.25, -0.2) is 9.67 Å². The molecule has 0 radical (unpaired) electrons. The lowest BCUT2D eigenvalue weighted by molar-refractivity contribution is -0.119. The second-order valence-electron chi connectivity index (χ2n) is 5.31. The summed E-state index contributed by atoms with van der Waals surface area (Å²) in [5, 5.41) is 9.52. The molecule has 0 bridgehead atoms. The highest BCUT2D eigenvalue weighted by atomic mass is 16.2. The van der Waals surface area contributed by atoms with Crippen LogP contribution in [0.5, 0.6) is 0 Å². The number of aromatic nitrogens is 4. The van der Waals surface area contributed by atoms with Crippen molar-refractivity contribution in [2.24, 2.45) is 0 Å². The molecule has 0 aliphatic rings. The summed E-state index contributed by atoms with van der Waals surface area (Å²) in [5.74, 6) is -0.432. The van der Waals surface area contributed by atoms with E-state index < -0.39 is 6.04 Å². The van der Waals surface area contributed by atoms with Crippen LogP contribution in [0.3, 0.4) is 0 Å². The number of hydrogen-bond donors (Lipinski definition) is 2. The molecule has 8 nitrogen and oxygen atoms in total. The number of benzene rings is 1. The van der Waals surface area contributed by atoms with Crippen LogP contribution in [-0.4, -0.2) is 31.6 Å². The molecule has 2 N–H and O–H groups in total. The number of nitrogens with one attached hydrogen (secondary N) is 2. The Labute approximate surface area is 143 Å². The first kappa shape index (κ1) is 16.3. The molecule has 0 saturated carbocycles. The lowest BCUT2D eigenvalue weighted by Gasteiger charge is -2.12. The standard InChI is InChI=1S/C17H16N6O2/c1-12(23-11-19-10-20-23)16(24)21-14-2-4-15(5-3-14)22-17(25)13-6-8-18-9-7-13/h2-12H,1H3,(H,21,24)(H,22,25). The Morgan fingerprint density at radius 1 is 0.960 bits per heavy atom. The van der Waals surface area contributed by atoms with Gasteiger partial charge < -0.3 is 10.6 Å². The van der Waals surface area contributed by atoms with Gasteiger partial charge in [0.15, 0.2) is 0 Å². The second-order valence-corrected chi connectivity index (χ2v) is 5.31. The largest absolute Gasteiger partial charge is 0.324 e. The smallest absolute Gasteiger partial charge is 0.255 e. The molecule has 1 unspecified atom stereocenters. The number of amides is 2. The van der Waals surface area contributed by atoms with E-state index in [0.29, 0.717) is 16.9 Å². The zero-order valence-electron chi connectivity index (χ0n) is 13.5. The van der Waals surface area contributed by atoms with E-state index in [-0.39, 0.29) is 11.8 Å². The Hall–Kier alpha value is -3.55. The summed E-state index contributed by atoms with van der Waals surface area (Å²) in [4.78, 5) is 32.0. The molecule has 0 fully saturated rings. The first-order valence-corrected chi connectivity index (χ1v) is 7.60. The van der Waals surface area contributed by atoms with Crippen molar-refractivity contribution in [1.29, 1.82) is 0 Å². The van der Waals surface area contributed by atoms with Gasteiger partial charge in [-0.15, -0.1) is 0 Å². The molecule has 8 heteroatoms. The molecule has 1 atom stereocenters. The Balaban J connectivity index is 1.60. The zero-order chi connectivity index (χ0) is 17.6. The highest BCUT2D eigenvalue weighted by molar-refractivity contribution is 6.04. The highest BCUT2D eigenvalue weighted by Crippen LogP contribution is 2.16. The summed E-state index contributed by atoms with van der Waals surface area (Å²) in [7, 11) is 0. The van der Waals surface area contributed by atoms with Crippen LogP contribution in [-0.2, 0) is 4.79 Å². The van der Waals surface area contributed by atoms with Gasteiger partial charge in [-0.1, -0.05) is 0 Å². The molecule has 0 saturated heterocycles. The lowest BCUT2D eigenvalue weighted by atomic mass is 10.2. The van der Waals surface area contributed by atoms with E-state index in [2.05, 4.69) is 25.7 Å². The molecule has 2 heterocycles. The normalized spacial score (nSPS) is 11.6. The predicted octanol–water partition coefficient (Wildman–Crippen LogP) is 2.13. The minimum absolute atomic E-state index is 0.209. The van der Waals surface area contributed by atoms with Crippen molar-refractivity contribution < 1.29 is 9.59 Å². The van der Waals surface area contributed by atoms with Crippen molar-refractivity contribution in [3.05, 3.63) is 67.0 Å². The van der Waals surface area contributed by atoms with Crippen LogP contribution >= 0.6 is 0 Å². The monoisotopic (exact) mass is 336 g/mol. The van der Waals surface area contributed by atoms with Crippen molar-refractivity contribution >= 4 is 23.2 Å². The van der Waals surface area contributed by atoms with Gasteiger partial charge in [-0.2, -0.15) is 5.10 Å². The molecular formula is C17H16N6O2. The number of rotatable bonds is 5. The van der Waals surface area contributed by atoms with Crippen LogP contribution in [0, 0.1) is 0 Å². The number of anilines is 2. The average molecular weight is 336 g/mol. The number of carbonyl (C=O) groups excluding carboxylic acids is 2.